The Bertz CT molecular complexity index is 918. The molecule has 2 aromatic rings. The Balaban J connectivity index is 2.36. The van der Waals surface area contributed by atoms with Crippen LogP contribution in [0.1, 0.15) is 52.3 Å². The summed E-state index contributed by atoms with van der Waals surface area (Å²) in [5.41, 5.74) is 2.69. The Kier molecular flexibility index (Phi) is 6.54. The maximum Gasteiger partial charge on any atom is 0.257 e. The van der Waals surface area contributed by atoms with Crippen molar-refractivity contribution < 1.29 is 13.2 Å². The van der Waals surface area contributed by atoms with Gasteiger partial charge in [-0.2, -0.15) is 0 Å². The van der Waals surface area contributed by atoms with Gasteiger partial charge in [-0.1, -0.05) is 20.3 Å². The van der Waals surface area contributed by atoms with E-state index in [0.29, 0.717) is 16.3 Å². The first kappa shape index (κ1) is 20.5. The van der Waals surface area contributed by atoms with Gasteiger partial charge in [-0.15, -0.1) is 11.3 Å². The number of anilines is 1. The van der Waals surface area contributed by atoms with Crippen molar-refractivity contribution in [3.63, 3.8) is 0 Å². The molecule has 0 aliphatic rings. The zero-order valence-electron chi connectivity index (χ0n) is 15.8. The lowest BCUT2D eigenvalue weighted by Gasteiger charge is -2.12. The largest absolute Gasteiger partial charge is 0.298 e. The summed E-state index contributed by atoms with van der Waals surface area (Å²) in [5.74, 6) is -0.361. The normalized spacial score (nSPS) is 11.6. The van der Waals surface area contributed by atoms with E-state index in [4.69, 9.17) is 0 Å². The molecule has 1 aromatic heterocycles. The number of nitrogens with zero attached hydrogens (tertiary/aromatic N) is 1. The summed E-state index contributed by atoms with van der Waals surface area (Å²) in [6, 6.07) is 3.10. The van der Waals surface area contributed by atoms with Crippen molar-refractivity contribution in [3.05, 3.63) is 39.4 Å². The number of nitrogens with one attached hydrogen (secondary N) is 2. The molecule has 1 amide bonds. The predicted octanol–water partition coefficient (Wildman–Crippen LogP) is 3.44. The van der Waals surface area contributed by atoms with E-state index in [1.165, 1.54) is 29.3 Å². The average molecular weight is 396 g/mol. The molecule has 2 N–H and O–H groups in total. The highest BCUT2D eigenvalue weighted by atomic mass is 32.2. The smallest absolute Gasteiger partial charge is 0.257 e. The summed E-state index contributed by atoms with van der Waals surface area (Å²) < 4.78 is 26.7. The standard InChI is InChI=1S/C18H25N3O3S2/c1-6-8-14-15(7-2)25-18(20-14)21-17(22)13-9-11(3)12(4)16(10-13)26(23,24)19-5/h9-10,19H,6-8H2,1-5H3,(H,20,21,22). The minimum atomic E-state index is -3.64. The van der Waals surface area contributed by atoms with Gasteiger partial charge < -0.3 is 0 Å². The number of sulfonamides is 1. The molecule has 8 heteroatoms. The minimum Gasteiger partial charge on any atom is -0.298 e. The van der Waals surface area contributed by atoms with Crippen molar-refractivity contribution in [3.8, 4) is 0 Å². The molecule has 142 valence electrons. The van der Waals surface area contributed by atoms with Gasteiger partial charge in [0.1, 0.15) is 0 Å². The molecule has 26 heavy (non-hydrogen) atoms. The number of carbonyl (C=O) groups excluding carboxylic acids is 1. The number of aryl methyl sites for hydroxylation is 3. The topological polar surface area (TPSA) is 88.2 Å². The highest BCUT2D eigenvalue weighted by molar-refractivity contribution is 7.89. The van der Waals surface area contributed by atoms with E-state index in [1.54, 1.807) is 19.9 Å². The van der Waals surface area contributed by atoms with Crippen LogP contribution in [0.4, 0.5) is 5.13 Å². The summed E-state index contributed by atoms with van der Waals surface area (Å²) >= 11 is 1.47. The number of hydrogen-bond acceptors (Lipinski definition) is 5. The maximum atomic E-state index is 12.7. The van der Waals surface area contributed by atoms with Crippen LogP contribution in [0, 0.1) is 13.8 Å². The lowest BCUT2D eigenvalue weighted by Crippen LogP contribution is -2.21. The monoisotopic (exact) mass is 395 g/mol. The number of amides is 1. The van der Waals surface area contributed by atoms with Gasteiger partial charge in [0.15, 0.2) is 5.13 Å². The average Bonchev–Trinajstić information content (AvgIpc) is 2.98. The third-order valence-corrected chi connectivity index (χ3v) is 6.94. The van der Waals surface area contributed by atoms with Gasteiger partial charge in [0.05, 0.1) is 10.6 Å². The molecule has 0 bridgehead atoms. The molecule has 0 aliphatic carbocycles. The first-order chi connectivity index (χ1) is 12.2. The molecule has 0 fully saturated rings. The molecule has 0 atom stereocenters. The molecular weight excluding hydrogens is 370 g/mol. The second-order valence-electron chi connectivity index (χ2n) is 6.07. The van der Waals surface area contributed by atoms with Crippen molar-refractivity contribution >= 4 is 32.4 Å². The van der Waals surface area contributed by atoms with Crippen LogP contribution in [-0.4, -0.2) is 26.4 Å². The van der Waals surface area contributed by atoms with Crippen LogP contribution in [-0.2, 0) is 22.9 Å². The summed E-state index contributed by atoms with van der Waals surface area (Å²) in [4.78, 5) is 18.5. The third-order valence-electron chi connectivity index (χ3n) is 4.25. The minimum absolute atomic E-state index is 0.116. The molecule has 1 aromatic carbocycles. The number of benzene rings is 1. The van der Waals surface area contributed by atoms with Crippen molar-refractivity contribution in [2.45, 2.75) is 51.9 Å². The van der Waals surface area contributed by atoms with Gasteiger partial charge in [-0.3, -0.25) is 10.1 Å². The van der Waals surface area contributed by atoms with Gasteiger partial charge in [0.25, 0.3) is 5.91 Å². The molecule has 0 aliphatic heterocycles. The van der Waals surface area contributed by atoms with E-state index in [1.807, 2.05) is 0 Å². The van der Waals surface area contributed by atoms with Gasteiger partial charge >= 0.3 is 0 Å². The zero-order valence-corrected chi connectivity index (χ0v) is 17.4. The molecule has 6 nitrogen and oxygen atoms in total. The summed E-state index contributed by atoms with van der Waals surface area (Å²) in [5, 5.41) is 3.36. The fraction of sp³-hybridized carbons (Fsp3) is 0.444. The predicted molar refractivity (Wildman–Crippen MR) is 106 cm³/mol. The Morgan fingerprint density at radius 3 is 2.50 bits per heavy atom. The molecule has 1 heterocycles. The van der Waals surface area contributed by atoms with Crippen molar-refractivity contribution in [2.75, 3.05) is 12.4 Å². The second kappa shape index (κ2) is 8.28. The number of aromatic nitrogens is 1. The van der Waals surface area contributed by atoms with Gasteiger partial charge in [-0.05, 0) is 57.0 Å². The molecule has 0 spiro atoms. The van der Waals surface area contributed by atoms with E-state index in [9.17, 15) is 13.2 Å². The third kappa shape index (κ3) is 4.31. The lowest BCUT2D eigenvalue weighted by atomic mass is 10.1. The summed E-state index contributed by atoms with van der Waals surface area (Å²) in [7, 11) is -2.28. The number of hydrogen-bond donors (Lipinski definition) is 2. The molecule has 0 saturated carbocycles. The van der Waals surface area contributed by atoms with E-state index in [0.717, 1.165) is 30.5 Å². The highest BCUT2D eigenvalue weighted by Crippen LogP contribution is 2.26. The molecule has 0 saturated heterocycles. The fourth-order valence-electron chi connectivity index (χ4n) is 2.66. The van der Waals surface area contributed by atoms with E-state index in [-0.39, 0.29) is 10.8 Å². The lowest BCUT2D eigenvalue weighted by molar-refractivity contribution is 0.102. The first-order valence-corrected chi connectivity index (χ1v) is 10.9. The first-order valence-electron chi connectivity index (χ1n) is 8.58. The van der Waals surface area contributed by atoms with Crippen molar-refractivity contribution in [2.24, 2.45) is 0 Å². The zero-order chi connectivity index (χ0) is 19.5. The van der Waals surface area contributed by atoms with E-state index >= 15 is 0 Å². The van der Waals surface area contributed by atoms with Crippen LogP contribution in [0.15, 0.2) is 17.0 Å². The molecular formula is C18H25N3O3S2. The Morgan fingerprint density at radius 2 is 1.92 bits per heavy atom. The number of thiazole rings is 1. The summed E-state index contributed by atoms with van der Waals surface area (Å²) in [6.07, 6.45) is 2.74. The quantitative estimate of drug-likeness (QED) is 0.752. The Labute approximate surface area is 159 Å². The summed E-state index contributed by atoms with van der Waals surface area (Å²) in [6.45, 7) is 7.68. The van der Waals surface area contributed by atoms with Crippen molar-refractivity contribution in [1.29, 1.82) is 0 Å². The van der Waals surface area contributed by atoms with Crippen LogP contribution < -0.4 is 10.0 Å². The van der Waals surface area contributed by atoms with Crippen LogP contribution in [0.3, 0.4) is 0 Å². The Hall–Kier alpha value is -1.77. The van der Waals surface area contributed by atoms with Crippen molar-refractivity contribution in [1.82, 2.24) is 9.71 Å². The SMILES string of the molecule is CCCc1nc(NC(=O)c2cc(C)c(C)c(S(=O)(=O)NC)c2)sc1CC. The molecule has 0 unspecified atom stereocenters. The van der Waals surface area contributed by atoms with Gasteiger partial charge in [0.2, 0.25) is 10.0 Å². The van der Waals surface area contributed by atoms with Crippen LogP contribution in [0.25, 0.3) is 0 Å². The Morgan fingerprint density at radius 1 is 1.23 bits per heavy atom. The molecule has 2 rings (SSSR count). The maximum absolute atomic E-state index is 12.7. The van der Waals surface area contributed by atoms with E-state index < -0.39 is 10.0 Å². The molecule has 0 radical (unpaired) electrons. The van der Waals surface area contributed by atoms with Crippen LogP contribution in [0.5, 0.6) is 0 Å². The van der Waals surface area contributed by atoms with Gasteiger partial charge in [-0.25, -0.2) is 18.1 Å². The number of rotatable bonds is 7. The van der Waals surface area contributed by atoms with Gasteiger partial charge in [0, 0.05) is 10.4 Å². The number of carbonyl (C=O) groups is 1. The van der Waals surface area contributed by atoms with Crippen LogP contribution in [0.2, 0.25) is 0 Å². The van der Waals surface area contributed by atoms with Crippen LogP contribution >= 0.6 is 11.3 Å². The highest BCUT2D eigenvalue weighted by Gasteiger charge is 2.20. The second-order valence-corrected chi connectivity index (χ2v) is 9.01. The van der Waals surface area contributed by atoms with E-state index in [2.05, 4.69) is 28.9 Å². The fourth-order valence-corrected chi connectivity index (χ4v) is 4.67.